The Bertz CT molecular complexity index is 1040. The van der Waals surface area contributed by atoms with Crippen molar-refractivity contribution in [3.63, 3.8) is 0 Å². The van der Waals surface area contributed by atoms with Crippen LogP contribution in [0.2, 0.25) is 0 Å². The highest BCUT2D eigenvalue weighted by atomic mass is 19.1. The van der Waals surface area contributed by atoms with Gasteiger partial charge in [0, 0.05) is 36.5 Å². The fraction of sp³-hybridized carbons (Fsp3) is 0.385. The lowest BCUT2D eigenvalue weighted by Gasteiger charge is -2.46. The number of fused-ring (bicyclic) bond motifs is 2. The van der Waals surface area contributed by atoms with Crippen molar-refractivity contribution in [1.29, 1.82) is 0 Å². The fourth-order valence-corrected chi connectivity index (χ4v) is 5.02. The Kier molecular flexibility index (Phi) is 6.33. The van der Waals surface area contributed by atoms with Crippen LogP contribution < -0.4 is 0 Å². The van der Waals surface area contributed by atoms with Crippen molar-refractivity contribution in [3.05, 3.63) is 77.8 Å². The van der Waals surface area contributed by atoms with E-state index < -0.39 is 0 Å². The van der Waals surface area contributed by atoms with Crippen LogP contribution in [0.25, 0.3) is 17.3 Å². The normalized spacial score (nSPS) is 21.9. The number of halogens is 1. The zero-order valence-electron chi connectivity index (χ0n) is 18.3. The Hall–Kier alpha value is -2.79. The number of benzene rings is 1. The predicted octanol–water partition coefficient (Wildman–Crippen LogP) is 5.53. The quantitative estimate of drug-likeness (QED) is 0.607. The molecule has 1 saturated carbocycles. The molecule has 1 aromatic carbocycles. The van der Waals surface area contributed by atoms with E-state index in [1.54, 1.807) is 6.92 Å². The van der Waals surface area contributed by atoms with Gasteiger partial charge in [-0.1, -0.05) is 18.6 Å². The molecule has 5 heteroatoms. The minimum atomic E-state index is -0.215. The Morgan fingerprint density at radius 3 is 2.71 bits per heavy atom. The van der Waals surface area contributed by atoms with Gasteiger partial charge in [-0.3, -0.25) is 4.98 Å². The number of aliphatic hydroxyl groups is 1. The minimum absolute atomic E-state index is 0.141. The summed E-state index contributed by atoms with van der Waals surface area (Å²) in [4.78, 5) is 8.98. The molecule has 0 spiro atoms. The smallest absolute Gasteiger partial charge is 0.123 e. The predicted molar refractivity (Wildman–Crippen MR) is 122 cm³/mol. The molecule has 2 aromatic heterocycles. The van der Waals surface area contributed by atoms with Crippen molar-refractivity contribution in [2.24, 2.45) is 11.3 Å². The van der Waals surface area contributed by atoms with Crippen molar-refractivity contribution in [2.75, 3.05) is 6.61 Å². The molecule has 1 N–H and O–H groups in total. The highest BCUT2D eigenvalue weighted by Gasteiger charge is 2.43. The first kappa shape index (κ1) is 21.4. The topological polar surface area (TPSA) is 50.9 Å². The molecule has 2 aliphatic rings. The van der Waals surface area contributed by atoms with Crippen LogP contribution in [0.1, 0.15) is 44.4 Å². The van der Waals surface area contributed by atoms with Gasteiger partial charge in [-0.05, 0) is 80.5 Å². The summed E-state index contributed by atoms with van der Waals surface area (Å²) in [5.41, 5.74) is 6.06. The van der Waals surface area contributed by atoms with Crippen LogP contribution >= 0.6 is 0 Å². The molecule has 0 saturated heterocycles. The van der Waals surface area contributed by atoms with Gasteiger partial charge in [-0.2, -0.15) is 0 Å². The first-order valence-corrected chi connectivity index (χ1v) is 11.1. The highest BCUT2D eigenvalue weighted by molar-refractivity contribution is 5.72. The second-order valence-electron chi connectivity index (χ2n) is 8.67. The summed E-state index contributed by atoms with van der Waals surface area (Å²) >= 11 is 0. The number of aliphatic hydroxyl groups excluding tert-OH is 1. The zero-order valence-corrected chi connectivity index (χ0v) is 18.3. The van der Waals surface area contributed by atoms with Crippen molar-refractivity contribution in [1.82, 2.24) is 14.5 Å². The minimum Gasteiger partial charge on any atom is -0.397 e. The largest absolute Gasteiger partial charge is 0.397 e. The van der Waals surface area contributed by atoms with Gasteiger partial charge in [0.05, 0.1) is 17.7 Å². The average molecular weight is 420 g/mol. The van der Waals surface area contributed by atoms with E-state index in [2.05, 4.69) is 33.6 Å². The summed E-state index contributed by atoms with van der Waals surface area (Å²) in [7, 11) is 0. The van der Waals surface area contributed by atoms with Crippen LogP contribution in [0, 0.1) is 17.2 Å². The Morgan fingerprint density at radius 2 is 2.00 bits per heavy atom. The van der Waals surface area contributed by atoms with Crippen LogP contribution in [0.4, 0.5) is 4.39 Å². The van der Waals surface area contributed by atoms with Crippen LogP contribution in [-0.2, 0) is 13.0 Å². The second kappa shape index (κ2) is 9.15. The molecule has 4 nitrogen and oxygen atoms in total. The molecule has 3 heterocycles. The molecule has 3 aromatic rings. The maximum Gasteiger partial charge on any atom is 0.123 e. The van der Waals surface area contributed by atoms with E-state index in [0.717, 1.165) is 36.3 Å². The van der Waals surface area contributed by atoms with Gasteiger partial charge in [0.1, 0.15) is 5.82 Å². The molecule has 0 radical (unpaired) electrons. The van der Waals surface area contributed by atoms with Crippen LogP contribution in [0.5, 0.6) is 0 Å². The molecule has 2 atom stereocenters. The van der Waals surface area contributed by atoms with Crippen molar-refractivity contribution in [2.45, 2.75) is 46.1 Å². The summed E-state index contributed by atoms with van der Waals surface area (Å²) in [6, 6.07) is 10.9. The van der Waals surface area contributed by atoms with E-state index in [1.807, 2.05) is 36.9 Å². The van der Waals surface area contributed by atoms with Gasteiger partial charge in [-0.15, -0.1) is 0 Å². The number of hydrogen-bond acceptors (Lipinski definition) is 3. The van der Waals surface area contributed by atoms with Crippen LogP contribution in [-0.4, -0.2) is 26.2 Å². The Labute approximate surface area is 183 Å². The first-order chi connectivity index (χ1) is 15.0. The van der Waals surface area contributed by atoms with Gasteiger partial charge < -0.3 is 9.67 Å². The van der Waals surface area contributed by atoms with Gasteiger partial charge in [0.15, 0.2) is 0 Å². The van der Waals surface area contributed by atoms with Gasteiger partial charge >= 0.3 is 0 Å². The molecule has 5 rings (SSSR count). The van der Waals surface area contributed by atoms with Crippen LogP contribution in [0.15, 0.2) is 60.7 Å². The zero-order chi connectivity index (χ0) is 21.8. The lowest BCUT2D eigenvalue weighted by Crippen LogP contribution is -2.40. The second-order valence-corrected chi connectivity index (χ2v) is 8.67. The molecule has 1 fully saturated rings. The summed E-state index contributed by atoms with van der Waals surface area (Å²) in [5, 5.41) is 7.57. The molecule has 1 aliphatic carbocycles. The number of hydrogen-bond donors (Lipinski definition) is 1. The Balaban J connectivity index is 0.000000730. The monoisotopic (exact) mass is 419 g/mol. The highest BCUT2D eigenvalue weighted by Crippen LogP contribution is 2.51. The molecular weight excluding hydrogens is 389 g/mol. The van der Waals surface area contributed by atoms with Crippen molar-refractivity contribution in [3.8, 4) is 11.3 Å². The standard InChI is InChI=1S/C24H24FN3.C2H6O/c1-24-15-28-16-27-23(18-7-9-21(25)10-8-18)22(28)13-20(24)6-2-5-19(24)12-17-4-3-11-26-14-17;1-2-3/h3-4,7-11,13-14,16,19H,2,5-6,12,15H2,1H3;3H,2H2,1H3/t19-,24-;/m1./s1. The SMILES string of the molecule is CCO.C[C@]12Cn3cnc(-c4ccc(F)cc4)c3C=C1CCC[C@@H]2Cc1cccnc1. The third kappa shape index (κ3) is 4.33. The molecule has 0 amide bonds. The molecule has 0 unspecified atom stereocenters. The Morgan fingerprint density at radius 1 is 1.23 bits per heavy atom. The summed E-state index contributed by atoms with van der Waals surface area (Å²) in [6.07, 6.45) is 12.8. The maximum absolute atomic E-state index is 13.3. The third-order valence-corrected chi connectivity index (χ3v) is 6.64. The summed E-state index contributed by atoms with van der Waals surface area (Å²) in [6.45, 7) is 5.30. The lowest BCUT2D eigenvalue weighted by atomic mass is 9.61. The number of aromatic nitrogens is 3. The number of imidazole rings is 1. The van der Waals surface area contributed by atoms with E-state index in [4.69, 9.17) is 5.11 Å². The van der Waals surface area contributed by atoms with E-state index in [0.29, 0.717) is 5.92 Å². The van der Waals surface area contributed by atoms with E-state index in [1.165, 1.54) is 36.1 Å². The van der Waals surface area contributed by atoms with Gasteiger partial charge in [0.25, 0.3) is 0 Å². The number of nitrogens with zero attached hydrogens (tertiary/aromatic N) is 3. The van der Waals surface area contributed by atoms with Gasteiger partial charge in [-0.25, -0.2) is 9.37 Å². The average Bonchev–Trinajstić information content (AvgIpc) is 3.17. The molecule has 1 aliphatic heterocycles. The molecule has 162 valence electrons. The first-order valence-electron chi connectivity index (χ1n) is 11.1. The van der Waals surface area contributed by atoms with E-state index >= 15 is 0 Å². The fourth-order valence-electron chi connectivity index (χ4n) is 5.02. The molecular formula is C26H30FN3O. The van der Waals surface area contributed by atoms with E-state index in [-0.39, 0.29) is 17.8 Å². The van der Waals surface area contributed by atoms with Crippen molar-refractivity contribution < 1.29 is 9.50 Å². The van der Waals surface area contributed by atoms with Gasteiger partial charge in [0.2, 0.25) is 0 Å². The number of pyridine rings is 1. The molecule has 0 bridgehead atoms. The van der Waals surface area contributed by atoms with Crippen molar-refractivity contribution >= 4 is 6.08 Å². The molecule has 31 heavy (non-hydrogen) atoms. The lowest BCUT2D eigenvalue weighted by molar-refractivity contribution is 0.152. The van der Waals surface area contributed by atoms with E-state index in [9.17, 15) is 4.39 Å². The summed E-state index contributed by atoms with van der Waals surface area (Å²) < 4.78 is 15.6. The maximum atomic E-state index is 13.3. The summed E-state index contributed by atoms with van der Waals surface area (Å²) in [5.74, 6) is 0.384. The number of allylic oxidation sites excluding steroid dienone is 1. The number of rotatable bonds is 3. The third-order valence-electron chi connectivity index (χ3n) is 6.64. The van der Waals surface area contributed by atoms with Crippen LogP contribution in [0.3, 0.4) is 0 Å².